The summed E-state index contributed by atoms with van der Waals surface area (Å²) in [5, 5.41) is 8.94. The first-order chi connectivity index (χ1) is 4.30. The molecule has 0 saturated heterocycles. The Kier molecular flexibility index (Phi) is 4.55. The van der Waals surface area contributed by atoms with E-state index in [1.807, 2.05) is 12.2 Å². The smallest absolute Gasteiger partial charge is 0.876 e. The minimum Gasteiger partial charge on any atom is -0.876 e. The molecule has 0 aromatic carbocycles. The molecule has 0 saturated carbocycles. The summed E-state index contributed by atoms with van der Waals surface area (Å²) in [5.41, 5.74) is 1.22. The van der Waals surface area contributed by atoms with Crippen LogP contribution >= 0.6 is 0 Å². The van der Waals surface area contributed by atoms with Crippen LogP contribution in [0.4, 0.5) is 0 Å². The molecule has 1 rings (SSSR count). The van der Waals surface area contributed by atoms with Gasteiger partial charge in [0.15, 0.2) is 0 Å². The SMILES string of the molecule is CC(=[N-])C1=CCCC=[C-]1.[W+2]. The zero-order chi connectivity index (χ0) is 6.69. The first-order valence-corrected chi connectivity index (χ1v) is 3.12. The predicted molar refractivity (Wildman–Crippen MR) is 39.2 cm³/mol. The van der Waals surface area contributed by atoms with Crippen LogP contribution in [0.5, 0.6) is 0 Å². The number of allylic oxidation sites excluding steroid dienone is 4. The molecule has 1 aliphatic rings. The van der Waals surface area contributed by atoms with Gasteiger partial charge in [-0.3, -0.25) is 5.71 Å². The fourth-order valence-electron chi connectivity index (χ4n) is 0.804. The molecule has 10 heavy (non-hydrogen) atoms. The Morgan fingerprint density at radius 3 is 2.60 bits per heavy atom. The van der Waals surface area contributed by atoms with Crippen molar-refractivity contribution in [2.75, 3.05) is 0 Å². The second-order valence-corrected chi connectivity index (χ2v) is 2.13. The average Bonchev–Trinajstić information content (AvgIpc) is 1.90. The van der Waals surface area contributed by atoms with Crippen molar-refractivity contribution < 1.29 is 21.1 Å². The summed E-state index contributed by atoms with van der Waals surface area (Å²) < 4.78 is 0. The molecule has 0 spiro atoms. The van der Waals surface area contributed by atoms with Gasteiger partial charge in [0.05, 0.1) is 0 Å². The molecule has 0 aliphatic heterocycles. The Morgan fingerprint density at radius 2 is 2.30 bits per heavy atom. The van der Waals surface area contributed by atoms with Crippen LogP contribution in [0.15, 0.2) is 17.7 Å². The normalized spacial score (nSPS) is 15.5. The largest absolute Gasteiger partial charge is 2.00 e. The van der Waals surface area contributed by atoms with Crippen molar-refractivity contribution in [3.63, 3.8) is 0 Å². The van der Waals surface area contributed by atoms with Crippen LogP contribution in [-0.2, 0) is 21.1 Å². The van der Waals surface area contributed by atoms with Gasteiger partial charge in [-0.2, -0.15) is 12.2 Å². The van der Waals surface area contributed by atoms with Crippen LogP contribution in [0.1, 0.15) is 19.8 Å². The number of hydrogen-bond donors (Lipinski definition) is 0. The molecule has 0 unspecified atom stereocenters. The third-order valence-corrected chi connectivity index (χ3v) is 1.31. The monoisotopic (exact) mass is 303 g/mol. The van der Waals surface area contributed by atoms with Crippen molar-refractivity contribution in [2.24, 2.45) is 0 Å². The van der Waals surface area contributed by atoms with E-state index in [0.717, 1.165) is 18.4 Å². The average molecular weight is 303 g/mol. The third kappa shape index (κ3) is 2.62. The molecule has 2 heteroatoms. The van der Waals surface area contributed by atoms with E-state index in [-0.39, 0.29) is 21.1 Å². The van der Waals surface area contributed by atoms with Gasteiger partial charge in [-0.15, -0.1) is 13.0 Å². The molecule has 0 bridgehead atoms. The fraction of sp³-hybridized carbons (Fsp3) is 0.375. The van der Waals surface area contributed by atoms with E-state index >= 15 is 0 Å². The van der Waals surface area contributed by atoms with Gasteiger partial charge in [-0.05, 0) is 0 Å². The molecule has 0 amide bonds. The molecule has 0 aromatic rings. The number of rotatable bonds is 1. The first-order valence-electron chi connectivity index (χ1n) is 3.12. The molecule has 1 aliphatic carbocycles. The molecular weight excluding hydrogens is 294 g/mol. The van der Waals surface area contributed by atoms with Gasteiger partial charge in [0.2, 0.25) is 0 Å². The molecular formula is C8H9NW. The van der Waals surface area contributed by atoms with Crippen LogP contribution in [0.3, 0.4) is 0 Å². The summed E-state index contributed by atoms with van der Waals surface area (Å²) >= 11 is 0. The maximum Gasteiger partial charge on any atom is 2.00 e. The molecule has 0 radical (unpaired) electrons. The Bertz CT molecular complexity index is 180. The Hall–Kier alpha value is -0.162. The van der Waals surface area contributed by atoms with Gasteiger partial charge in [-0.25, -0.2) is 5.57 Å². The first kappa shape index (κ1) is 9.84. The van der Waals surface area contributed by atoms with E-state index in [1.165, 1.54) is 0 Å². The van der Waals surface area contributed by atoms with Gasteiger partial charge < -0.3 is 5.41 Å². The fourth-order valence-corrected chi connectivity index (χ4v) is 0.804. The van der Waals surface area contributed by atoms with E-state index in [1.54, 1.807) is 6.92 Å². The molecule has 0 heterocycles. The van der Waals surface area contributed by atoms with Crippen molar-refractivity contribution in [2.45, 2.75) is 19.8 Å². The zero-order valence-electron chi connectivity index (χ0n) is 5.92. The Balaban J connectivity index is 0.000000810. The molecule has 0 aromatic heterocycles. The maximum atomic E-state index is 8.94. The van der Waals surface area contributed by atoms with E-state index in [9.17, 15) is 0 Å². The number of nitrogens with zero attached hydrogens (tertiary/aromatic N) is 1. The Morgan fingerprint density at radius 1 is 1.60 bits per heavy atom. The summed E-state index contributed by atoms with van der Waals surface area (Å²) in [6, 6.07) is 0. The van der Waals surface area contributed by atoms with Crippen LogP contribution < -0.4 is 0 Å². The van der Waals surface area contributed by atoms with E-state index < -0.39 is 0 Å². The van der Waals surface area contributed by atoms with Crippen molar-refractivity contribution in [3.05, 3.63) is 29.2 Å². The third-order valence-electron chi connectivity index (χ3n) is 1.31. The van der Waals surface area contributed by atoms with Crippen LogP contribution in [-0.4, -0.2) is 5.71 Å². The summed E-state index contributed by atoms with van der Waals surface area (Å²) in [5.74, 6) is 0. The molecule has 0 atom stereocenters. The van der Waals surface area contributed by atoms with Crippen molar-refractivity contribution in [1.82, 2.24) is 0 Å². The molecule has 0 N–H and O–H groups in total. The topological polar surface area (TPSA) is 22.3 Å². The molecule has 52 valence electrons. The standard InChI is InChI=1S/C8H9N.W/c1-7(9)8-5-3-2-4-6-8;/h3,6H,2,4H2,1H3;/q-2;+2. The van der Waals surface area contributed by atoms with Gasteiger partial charge in [0.1, 0.15) is 0 Å². The van der Waals surface area contributed by atoms with Crippen molar-refractivity contribution in [1.29, 1.82) is 0 Å². The van der Waals surface area contributed by atoms with Crippen molar-refractivity contribution in [3.8, 4) is 0 Å². The summed E-state index contributed by atoms with van der Waals surface area (Å²) in [6.07, 6.45) is 9.00. The van der Waals surface area contributed by atoms with Crippen LogP contribution in [0.25, 0.3) is 5.41 Å². The number of hydrogen-bond acceptors (Lipinski definition) is 0. The van der Waals surface area contributed by atoms with Crippen LogP contribution in [0, 0.1) is 6.08 Å². The second-order valence-electron chi connectivity index (χ2n) is 2.13. The minimum absolute atomic E-state index is 0. The minimum atomic E-state index is 0. The zero-order valence-corrected chi connectivity index (χ0v) is 8.86. The van der Waals surface area contributed by atoms with E-state index in [0.29, 0.717) is 5.71 Å². The van der Waals surface area contributed by atoms with Gasteiger partial charge in [0, 0.05) is 0 Å². The van der Waals surface area contributed by atoms with Crippen molar-refractivity contribution >= 4 is 5.71 Å². The van der Waals surface area contributed by atoms with E-state index in [2.05, 4.69) is 6.08 Å². The Labute approximate surface area is 76.0 Å². The predicted octanol–water partition coefficient (Wildman–Crippen LogP) is 2.09. The van der Waals surface area contributed by atoms with Gasteiger partial charge >= 0.3 is 21.1 Å². The maximum absolute atomic E-state index is 8.94. The van der Waals surface area contributed by atoms with Gasteiger partial charge in [-0.1, -0.05) is 12.8 Å². The van der Waals surface area contributed by atoms with E-state index in [4.69, 9.17) is 5.41 Å². The van der Waals surface area contributed by atoms with Crippen LogP contribution in [0.2, 0.25) is 0 Å². The molecule has 0 fully saturated rings. The second kappa shape index (κ2) is 4.62. The molecule has 1 nitrogen and oxygen atoms in total. The summed E-state index contributed by atoms with van der Waals surface area (Å²) in [4.78, 5) is 0. The summed E-state index contributed by atoms with van der Waals surface area (Å²) in [7, 11) is 0. The quantitative estimate of drug-likeness (QED) is 0.523. The summed E-state index contributed by atoms with van der Waals surface area (Å²) in [6.45, 7) is 1.68. The van der Waals surface area contributed by atoms with Gasteiger partial charge in [0.25, 0.3) is 0 Å².